The van der Waals surface area contributed by atoms with Gasteiger partial charge in [0.2, 0.25) is 0 Å². The first-order valence-electron chi connectivity index (χ1n) is 5.74. The Morgan fingerprint density at radius 2 is 2.41 bits per heavy atom. The second kappa shape index (κ2) is 5.73. The van der Waals surface area contributed by atoms with Crippen molar-refractivity contribution in [2.24, 2.45) is 0 Å². The molecule has 0 saturated carbocycles. The van der Waals surface area contributed by atoms with Crippen molar-refractivity contribution in [1.82, 2.24) is 9.88 Å². The van der Waals surface area contributed by atoms with E-state index < -0.39 is 0 Å². The number of aryl methyl sites for hydroxylation is 1. The van der Waals surface area contributed by atoms with E-state index in [0.29, 0.717) is 11.2 Å². The molecule has 1 saturated heterocycles. The molecule has 1 fully saturated rings. The highest BCUT2D eigenvalue weighted by atomic mass is 32.2. The maximum absolute atomic E-state index is 12.1. The molecule has 2 heterocycles. The fourth-order valence-corrected chi connectivity index (χ4v) is 3.46. The van der Waals surface area contributed by atoms with Crippen molar-refractivity contribution in [2.75, 3.05) is 23.4 Å². The van der Waals surface area contributed by atoms with Crippen molar-refractivity contribution < 1.29 is 4.79 Å². The molecule has 6 heteroatoms. The number of anilines is 1. The van der Waals surface area contributed by atoms with E-state index >= 15 is 0 Å². The van der Waals surface area contributed by atoms with Gasteiger partial charge < -0.3 is 4.90 Å². The average molecular weight is 271 g/mol. The molecule has 17 heavy (non-hydrogen) atoms. The van der Waals surface area contributed by atoms with E-state index in [-0.39, 0.29) is 6.03 Å². The monoisotopic (exact) mass is 271 g/mol. The fourth-order valence-electron chi connectivity index (χ4n) is 1.77. The van der Waals surface area contributed by atoms with Crippen LogP contribution in [0.4, 0.5) is 9.93 Å². The molecule has 1 aliphatic heterocycles. The van der Waals surface area contributed by atoms with E-state index in [2.05, 4.69) is 17.2 Å². The lowest BCUT2D eigenvalue weighted by Gasteiger charge is -2.26. The van der Waals surface area contributed by atoms with E-state index in [0.717, 1.165) is 29.3 Å². The standard InChI is InChI=1S/C11H17N3OS2/c1-8-3-5-16-6-4-14(8)11(15)13-10-12-7-9(2)17-10/h7-8H,3-6H2,1-2H3,(H,12,13,15). The zero-order valence-electron chi connectivity index (χ0n) is 10.1. The smallest absolute Gasteiger partial charge is 0.321 e. The predicted octanol–water partition coefficient (Wildman–Crippen LogP) is 2.81. The first kappa shape index (κ1) is 12.7. The number of nitrogens with one attached hydrogen (secondary N) is 1. The van der Waals surface area contributed by atoms with Crippen LogP contribution in [0.1, 0.15) is 18.2 Å². The Bertz CT molecular complexity index is 394. The molecule has 2 amide bonds. The lowest BCUT2D eigenvalue weighted by molar-refractivity contribution is 0.197. The lowest BCUT2D eigenvalue weighted by Crippen LogP contribution is -2.41. The van der Waals surface area contributed by atoms with Gasteiger partial charge >= 0.3 is 6.03 Å². The second-order valence-electron chi connectivity index (χ2n) is 4.15. The molecule has 94 valence electrons. The Balaban J connectivity index is 1.98. The summed E-state index contributed by atoms with van der Waals surface area (Å²) in [5.41, 5.74) is 0. The van der Waals surface area contributed by atoms with Gasteiger partial charge in [-0.15, -0.1) is 11.3 Å². The van der Waals surface area contributed by atoms with Crippen LogP contribution in [0.3, 0.4) is 0 Å². The van der Waals surface area contributed by atoms with E-state index in [1.54, 1.807) is 6.20 Å². The van der Waals surface area contributed by atoms with Crippen LogP contribution < -0.4 is 5.32 Å². The second-order valence-corrected chi connectivity index (χ2v) is 6.61. The third-order valence-electron chi connectivity index (χ3n) is 2.78. The van der Waals surface area contributed by atoms with Gasteiger partial charge in [-0.1, -0.05) is 0 Å². The zero-order chi connectivity index (χ0) is 12.3. The van der Waals surface area contributed by atoms with Gasteiger partial charge in [0.25, 0.3) is 0 Å². The summed E-state index contributed by atoms with van der Waals surface area (Å²) in [6, 6.07) is 0.292. The van der Waals surface area contributed by atoms with Crippen LogP contribution in [0.15, 0.2) is 6.20 Å². The van der Waals surface area contributed by atoms with Crippen LogP contribution in [0, 0.1) is 6.92 Å². The molecule has 0 aliphatic carbocycles. The molecule has 1 unspecified atom stereocenters. The fraction of sp³-hybridized carbons (Fsp3) is 0.636. The molecule has 0 spiro atoms. The molecule has 1 aromatic heterocycles. The van der Waals surface area contributed by atoms with Gasteiger partial charge in [0.1, 0.15) is 0 Å². The van der Waals surface area contributed by atoms with Gasteiger partial charge in [-0.2, -0.15) is 11.8 Å². The molecular weight excluding hydrogens is 254 g/mol. The van der Waals surface area contributed by atoms with E-state index in [4.69, 9.17) is 0 Å². The molecule has 0 radical (unpaired) electrons. The van der Waals surface area contributed by atoms with Crippen LogP contribution >= 0.6 is 23.1 Å². The minimum Gasteiger partial charge on any atom is -0.321 e. The summed E-state index contributed by atoms with van der Waals surface area (Å²) in [5.74, 6) is 2.16. The summed E-state index contributed by atoms with van der Waals surface area (Å²) in [5, 5.41) is 3.57. The number of amides is 2. The minimum absolute atomic E-state index is 0.0191. The number of nitrogens with zero attached hydrogens (tertiary/aromatic N) is 2. The number of hydrogen-bond donors (Lipinski definition) is 1. The third-order valence-corrected chi connectivity index (χ3v) is 4.61. The number of carbonyl (C=O) groups excluding carboxylic acids is 1. The van der Waals surface area contributed by atoms with Gasteiger partial charge in [-0.05, 0) is 26.0 Å². The Kier molecular flexibility index (Phi) is 4.28. The van der Waals surface area contributed by atoms with Gasteiger partial charge in [-0.25, -0.2) is 9.78 Å². The van der Waals surface area contributed by atoms with Crippen molar-refractivity contribution in [3.63, 3.8) is 0 Å². The summed E-state index contributed by atoms with van der Waals surface area (Å²) < 4.78 is 0. The molecule has 1 N–H and O–H groups in total. The highest BCUT2D eigenvalue weighted by Gasteiger charge is 2.22. The largest absolute Gasteiger partial charge is 0.323 e. The highest BCUT2D eigenvalue weighted by Crippen LogP contribution is 2.20. The molecule has 4 nitrogen and oxygen atoms in total. The normalized spacial score (nSPS) is 21.1. The quantitative estimate of drug-likeness (QED) is 0.854. The van der Waals surface area contributed by atoms with Crippen molar-refractivity contribution in [2.45, 2.75) is 26.3 Å². The molecule has 1 aliphatic rings. The van der Waals surface area contributed by atoms with Crippen LogP contribution in [-0.4, -0.2) is 40.0 Å². The maximum atomic E-state index is 12.1. The summed E-state index contributed by atoms with van der Waals surface area (Å²) in [4.78, 5) is 19.3. The number of aromatic nitrogens is 1. The SMILES string of the molecule is Cc1cnc(NC(=O)N2CCSCCC2C)s1. The zero-order valence-corrected chi connectivity index (χ0v) is 11.7. The Morgan fingerprint density at radius 1 is 1.59 bits per heavy atom. The van der Waals surface area contributed by atoms with Crippen LogP contribution in [0.2, 0.25) is 0 Å². The van der Waals surface area contributed by atoms with E-state index in [1.807, 2.05) is 23.6 Å². The van der Waals surface area contributed by atoms with E-state index in [9.17, 15) is 4.79 Å². The van der Waals surface area contributed by atoms with Crippen molar-refractivity contribution in [3.05, 3.63) is 11.1 Å². The number of carbonyl (C=O) groups is 1. The van der Waals surface area contributed by atoms with Crippen molar-refractivity contribution in [3.8, 4) is 0 Å². The molecule has 0 bridgehead atoms. The third kappa shape index (κ3) is 3.35. The molecule has 2 rings (SSSR count). The Morgan fingerprint density at radius 3 is 3.12 bits per heavy atom. The predicted molar refractivity (Wildman–Crippen MR) is 74.0 cm³/mol. The summed E-state index contributed by atoms with van der Waals surface area (Å²) in [7, 11) is 0. The molecule has 0 aromatic carbocycles. The highest BCUT2D eigenvalue weighted by molar-refractivity contribution is 7.99. The minimum atomic E-state index is -0.0191. The van der Waals surface area contributed by atoms with Gasteiger partial charge in [0.05, 0.1) is 0 Å². The molecule has 1 aromatic rings. The van der Waals surface area contributed by atoms with Crippen molar-refractivity contribution in [1.29, 1.82) is 0 Å². The molecule has 1 atom stereocenters. The van der Waals surface area contributed by atoms with Crippen LogP contribution in [0.25, 0.3) is 0 Å². The number of rotatable bonds is 1. The van der Waals surface area contributed by atoms with Crippen molar-refractivity contribution >= 4 is 34.3 Å². The Labute approximate surface area is 110 Å². The van der Waals surface area contributed by atoms with Gasteiger partial charge in [-0.3, -0.25) is 5.32 Å². The average Bonchev–Trinajstić information content (AvgIpc) is 2.57. The number of urea groups is 1. The van der Waals surface area contributed by atoms with Crippen LogP contribution in [-0.2, 0) is 0 Å². The Hall–Kier alpha value is -0.750. The lowest BCUT2D eigenvalue weighted by atomic mass is 10.2. The first-order valence-corrected chi connectivity index (χ1v) is 7.72. The maximum Gasteiger partial charge on any atom is 0.323 e. The summed E-state index contributed by atoms with van der Waals surface area (Å²) in [6.45, 7) is 4.92. The van der Waals surface area contributed by atoms with Crippen LogP contribution in [0.5, 0.6) is 0 Å². The van der Waals surface area contributed by atoms with Gasteiger partial charge in [0.15, 0.2) is 5.13 Å². The van der Waals surface area contributed by atoms with Gasteiger partial charge in [0, 0.05) is 29.4 Å². The number of hydrogen-bond acceptors (Lipinski definition) is 4. The molecular formula is C11H17N3OS2. The summed E-state index contributed by atoms with van der Waals surface area (Å²) >= 11 is 3.43. The van der Waals surface area contributed by atoms with E-state index in [1.165, 1.54) is 11.3 Å². The topological polar surface area (TPSA) is 45.2 Å². The number of thiazole rings is 1. The summed E-state index contributed by atoms with van der Waals surface area (Å²) in [6.07, 6.45) is 2.84. The number of thioether (sulfide) groups is 1. The first-order chi connectivity index (χ1) is 8.16.